The van der Waals surface area contributed by atoms with Gasteiger partial charge in [-0.25, -0.2) is 4.98 Å². The number of alkyl halides is 3. The van der Waals surface area contributed by atoms with E-state index in [0.29, 0.717) is 19.0 Å². The summed E-state index contributed by atoms with van der Waals surface area (Å²) in [5.41, 5.74) is -0.752. The van der Waals surface area contributed by atoms with Crippen molar-refractivity contribution in [1.29, 1.82) is 0 Å². The molecular weight excluding hydrogens is 563 g/mol. The smallest absolute Gasteiger partial charge is 0.416 e. The first-order valence-electron chi connectivity index (χ1n) is 11.7. The molecule has 3 aromatic rings. The fourth-order valence-corrected chi connectivity index (χ4v) is 5.44. The maximum Gasteiger partial charge on any atom is 0.416 e. The molecule has 0 unspecified atom stereocenters. The van der Waals surface area contributed by atoms with Gasteiger partial charge in [0.15, 0.2) is 5.82 Å². The van der Waals surface area contributed by atoms with Crippen molar-refractivity contribution in [3.8, 4) is 17.4 Å². The van der Waals surface area contributed by atoms with E-state index in [0.717, 1.165) is 12.1 Å². The van der Waals surface area contributed by atoms with Crippen molar-refractivity contribution in [1.82, 2.24) is 9.97 Å². The number of carbonyl (C=O) groups excluding carboxylic acids is 1. The molecule has 1 amide bonds. The van der Waals surface area contributed by atoms with Crippen LogP contribution in [0.1, 0.15) is 15.9 Å². The molecule has 2 aliphatic heterocycles. The number of nitrogens with one attached hydrogen (secondary N) is 2. The number of hydrogen-bond acceptors (Lipinski definition) is 9. The Hall–Kier alpha value is -3.46. The fraction of sp³-hybridized carbons (Fsp3) is 0.292. The number of aromatic nitrogens is 2. The normalized spacial score (nSPS) is 17.3. The molecule has 0 saturated carbocycles. The van der Waals surface area contributed by atoms with E-state index in [-0.39, 0.29) is 63.9 Å². The van der Waals surface area contributed by atoms with E-state index < -0.39 is 28.2 Å². The molecule has 39 heavy (non-hydrogen) atoms. The lowest BCUT2D eigenvalue weighted by Gasteiger charge is -2.42. The Morgan fingerprint density at radius 1 is 1.15 bits per heavy atom. The van der Waals surface area contributed by atoms with Crippen molar-refractivity contribution in [2.45, 2.75) is 6.18 Å². The van der Waals surface area contributed by atoms with E-state index in [9.17, 15) is 27.1 Å². The highest BCUT2D eigenvalue weighted by Crippen LogP contribution is 2.43. The first kappa shape index (κ1) is 27.1. The van der Waals surface area contributed by atoms with Gasteiger partial charge in [0.2, 0.25) is 5.75 Å². The highest BCUT2D eigenvalue weighted by molar-refractivity contribution is 8.24. The minimum Gasteiger partial charge on any atom is -0.483 e. The largest absolute Gasteiger partial charge is 0.483 e. The van der Waals surface area contributed by atoms with Crippen molar-refractivity contribution >= 4 is 45.3 Å². The van der Waals surface area contributed by atoms with Crippen LogP contribution in [-0.2, 0) is 6.18 Å². The summed E-state index contributed by atoms with van der Waals surface area (Å²) in [6.07, 6.45) is -3.39. The van der Waals surface area contributed by atoms with E-state index >= 15 is 0 Å². The van der Waals surface area contributed by atoms with Gasteiger partial charge in [-0.15, -0.1) is 0 Å². The lowest BCUT2D eigenvalue weighted by molar-refractivity contribution is -0.137. The Balaban J connectivity index is 1.39. The van der Waals surface area contributed by atoms with Gasteiger partial charge in [-0.05, 0) is 36.4 Å². The van der Waals surface area contributed by atoms with E-state index in [1.165, 1.54) is 30.6 Å². The monoisotopic (exact) mass is 585 g/mol. The second-order valence-corrected chi connectivity index (χ2v) is 11.6. The molecule has 208 valence electrons. The zero-order valence-corrected chi connectivity index (χ0v) is 21.7. The van der Waals surface area contributed by atoms with Gasteiger partial charge in [-0.2, -0.15) is 28.7 Å². The lowest BCUT2D eigenvalue weighted by atomic mass is 10.1. The highest BCUT2D eigenvalue weighted by Gasteiger charge is 2.33. The second kappa shape index (κ2) is 10.6. The summed E-state index contributed by atoms with van der Waals surface area (Å²) >= 11 is 6.27. The van der Waals surface area contributed by atoms with Crippen LogP contribution in [0.2, 0.25) is 5.02 Å². The molecule has 0 atom stereocenters. The van der Waals surface area contributed by atoms with Gasteiger partial charge in [0.25, 0.3) is 11.8 Å². The Kier molecular flexibility index (Phi) is 7.37. The van der Waals surface area contributed by atoms with Crippen LogP contribution in [-0.4, -0.2) is 62.7 Å². The van der Waals surface area contributed by atoms with Gasteiger partial charge in [0, 0.05) is 30.0 Å². The Labute approximate surface area is 227 Å². The number of rotatable bonds is 5. The summed E-state index contributed by atoms with van der Waals surface area (Å²) in [6.45, 7) is 1.26. The molecule has 0 spiro atoms. The molecule has 15 heteroatoms. The lowest BCUT2D eigenvalue weighted by Crippen LogP contribution is -2.38. The topological polar surface area (TPSA) is 129 Å². The molecule has 2 aliphatic rings. The van der Waals surface area contributed by atoms with Crippen LogP contribution in [0.25, 0.3) is 0 Å². The molecule has 5 rings (SSSR count). The van der Waals surface area contributed by atoms with Crippen LogP contribution in [0.5, 0.6) is 17.4 Å². The fourth-order valence-electron chi connectivity index (χ4n) is 4.05. The maximum absolute atomic E-state index is 13.7. The molecule has 2 aromatic carbocycles. The quantitative estimate of drug-likeness (QED) is 0.304. The van der Waals surface area contributed by atoms with Gasteiger partial charge in [0.1, 0.15) is 18.7 Å². The number of anilines is 3. The molecule has 1 saturated heterocycles. The number of ether oxygens (including phenoxy) is 2. The van der Waals surface area contributed by atoms with E-state index in [1.807, 2.05) is 0 Å². The average Bonchev–Trinajstić information content (AvgIpc) is 2.89. The van der Waals surface area contributed by atoms with Crippen molar-refractivity contribution < 1.29 is 36.5 Å². The molecule has 0 bridgehead atoms. The molecule has 3 heterocycles. The summed E-state index contributed by atoms with van der Waals surface area (Å²) in [7, 11) is -2.74. The average molecular weight is 586 g/mol. The van der Waals surface area contributed by atoms with Gasteiger partial charge < -0.3 is 25.0 Å². The number of hydrogen-bond donors (Lipinski definition) is 4. The number of fused-ring (bicyclic) bond motifs is 1. The zero-order valence-electron chi connectivity index (χ0n) is 20.2. The van der Waals surface area contributed by atoms with Crippen LogP contribution in [0, 0.1) is 0 Å². The number of halogens is 4. The third kappa shape index (κ3) is 6.24. The van der Waals surface area contributed by atoms with E-state index in [1.54, 1.807) is 4.90 Å². The maximum atomic E-state index is 13.7. The van der Waals surface area contributed by atoms with Gasteiger partial charge in [-0.1, -0.05) is 11.6 Å². The van der Waals surface area contributed by atoms with Crippen LogP contribution in [0.15, 0.2) is 42.7 Å². The molecule has 1 aromatic heterocycles. The van der Waals surface area contributed by atoms with Crippen LogP contribution in [0.3, 0.4) is 0 Å². The van der Waals surface area contributed by atoms with E-state index in [4.69, 9.17) is 21.1 Å². The predicted octanol–water partition coefficient (Wildman–Crippen LogP) is 5.57. The zero-order chi connectivity index (χ0) is 27.8. The number of nitrogens with zero attached hydrogens (tertiary/aromatic N) is 3. The van der Waals surface area contributed by atoms with Crippen molar-refractivity contribution in [3.63, 3.8) is 0 Å². The summed E-state index contributed by atoms with van der Waals surface area (Å²) in [5, 5.41) is 5.72. The number of benzene rings is 2. The molecule has 1 fully saturated rings. The molecular formula is C24H23ClF3N5O5S. The first-order chi connectivity index (χ1) is 18.5. The number of carbonyl (C=O) groups is 1. The minimum absolute atomic E-state index is 0.0507. The predicted molar refractivity (Wildman–Crippen MR) is 142 cm³/mol. The van der Waals surface area contributed by atoms with Crippen molar-refractivity contribution in [3.05, 3.63) is 58.9 Å². The Bertz CT molecular complexity index is 1400. The van der Waals surface area contributed by atoms with Crippen LogP contribution < -0.4 is 25.0 Å². The van der Waals surface area contributed by atoms with Crippen LogP contribution in [0.4, 0.5) is 30.4 Å². The standard InChI is InChI=1S/C24H23ClF3N5O5S/c25-18-2-1-14(9-19(18)38-23-20-21(30-13-31-23)29-3-6-37-20)22(34)32-16-10-15(24(26,27)28)11-17(12-16)33-4-7-39(35,36)8-5-33/h1-2,9-13,35-36H,3-8H2,(H,32,34)(H,29,30,31). The van der Waals surface area contributed by atoms with Crippen LogP contribution >= 0.6 is 22.2 Å². The Morgan fingerprint density at radius 2 is 1.92 bits per heavy atom. The summed E-state index contributed by atoms with van der Waals surface area (Å²) in [4.78, 5) is 22.8. The second-order valence-electron chi connectivity index (χ2n) is 8.80. The Morgan fingerprint density at radius 3 is 2.67 bits per heavy atom. The van der Waals surface area contributed by atoms with Gasteiger partial charge in [-0.3, -0.25) is 13.9 Å². The van der Waals surface area contributed by atoms with Gasteiger partial charge in [0.05, 0.1) is 28.6 Å². The minimum atomic E-state index is -4.66. The summed E-state index contributed by atoms with van der Waals surface area (Å²) < 4.78 is 72.1. The van der Waals surface area contributed by atoms with Gasteiger partial charge >= 0.3 is 6.18 Å². The molecule has 10 nitrogen and oxygen atoms in total. The molecule has 0 radical (unpaired) electrons. The summed E-state index contributed by atoms with van der Waals surface area (Å²) in [5.74, 6) is 0.283. The molecule has 4 N–H and O–H groups in total. The first-order valence-corrected chi connectivity index (χ1v) is 14.0. The van der Waals surface area contributed by atoms with E-state index in [2.05, 4.69) is 20.6 Å². The van der Waals surface area contributed by atoms with Crippen molar-refractivity contribution in [2.75, 3.05) is 53.3 Å². The SMILES string of the molecule is O=C(Nc1cc(N2CCS(O)(O)CC2)cc(C(F)(F)F)c1)c1ccc(Cl)c(Oc2ncnc3c2OCCN3)c1. The highest BCUT2D eigenvalue weighted by atomic mass is 35.5. The third-order valence-electron chi connectivity index (χ3n) is 6.06. The third-order valence-corrected chi connectivity index (χ3v) is 8.04. The van der Waals surface area contributed by atoms with Crippen molar-refractivity contribution in [2.24, 2.45) is 0 Å². The number of amides is 1. The molecule has 0 aliphatic carbocycles. The summed E-state index contributed by atoms with van der Waals surface area (Å²) in [6, 6.07) is 7.38.